The summed E-state index contributed by atoms with van der Waals surface area (Å²) in [6.45, 7) is 4.44. The highest BCUT2D eigenvalue weighted by Gasteiger charge is 2.13. The van der Waals surface area contributed by atoms with Gasteiger partial charge in [-0.1, -0.05) is 0 Å². The van der Waals surface area contributed by atoms with E-state index in [1.165, 1.54) is 6.42 Å². The number of aromatic nitrogens is 2. The molecule has 1 fully saturated rings. The lowest BCUT2D eigenvalue weighted by Gasteiger charge is -2.22. The van der Waals surface area contributed by atoms with Gasteiger partial charge < -0.3 is 15.5 Å². The van der Waals surface area contributed by atoms with Crippen LogP contribution in [0.15, 0.2) is 6.07 Å². The summed E-state index contributed by atoms with van der Waals surface area (Å²) < 4.78 is 5.43. The molecular formula is C11H19N5O. The van der Waals surface area contributed by atoms with Crippen LogP contribution in [0.2, 0.25) is 0 Å². The molecule has 6 nitrogen and oxygen atoms in total. The Kier molecular flexibility index (Phi) is 4.11. The van der Waals surface area contributed by atoms with Crippen LogP contribution < -0.4 is 16.6 Å². The number of anilines is 2. The third-order valence-electron chi connectivity index (χ3n) is 2.81. The van der Waals surface area contributed by atoms with Crippen LogP contribution in [-0.2, 0) is 4.74 Å². The fourth-order valence-corrected chi connectivity index (χ4v) is 1.95. The first kappa shape index (κ1) is 12.1. The summed E-state index contributed by atoms with van der Waals surface area (Å²) >= 11 is 0. The molecule has 1 atom stereocenters. The van der Waals surface area contributed by atoms with E-state index >= 15 is 0 Å². The van der Waals surface area contributed by atoms with Crippen molar-refractivity contribution in [3.8, 4) is 0 Å². The lowest BCUT2D eigenvalue weighted by Crippen LogP contribution is -2.24. The zero-order valence-corrected chi connectivity index (χ0v) is 10.1. The molecule has 1 saturated heterocycles. The van der Waals surface area contributed by atoms with Gasteiger partial charge in [0, 0.05) is 19.2 Å². The van der Waals surface area contributed by atoms with E-state index < -0.39 is 0 Å². The van der Waals surface area contributed by atoms with Gasteiger partial charge in [0.2, 0.25) is 0 Å². The normalized spacial score (nSPS) is 20.0. The van der Waals surface area contributed by atoms with Gasteiger partial charge in [-0.05, 0) is 25.7 Å². The number of aryl methyl sites for hydroxylation is 1. The standard InChI is InChI=1S/C11H19N5O/c1-8-14-10(5-11(15-8)16-12)13-6-9-3-2-4-17-7-9/h5,9H,2-4,6-7,12H2,1H3,(H2,13,14,15,16). The van der Waals surface area contributed by atoms with Gasteiger partial charge in [-0.3, -0.25) is 0 Å². The van der Waals surface area contributed by atoms with Crippen molar-refractivity contribution in [3.63, 3.8) is 0 Å². The summed E-state index contributed by atoms with van der Waals surface area (Å²) in [7, 11) is 0. The predicted molar refractivity (Wildman–Crippen MR) is 66.6 cm³/mol. The first-order valence-electron chi connectivity index (χ1n) is 5.92. The number of hydrogen-bond donors (Lipinski definition) is 3. The van der Waals surface area contributed by atoms with Crippen LogP contribution in [0.5, 0.6) is 0 Å². The van der Waals surface area contributed by atoms with Crippen molar-refractivity contribution in [2.45, 2.75) is 19.8 Å². The molecule has 0 aromatic carbocycles. The summed E-state index contributed by atoms with van der Waals surface area (Å²) in [6, 6.07) is 1.80. The summed E-state index contributed by atoms with van der Waals surface area (Å²) in [5.41, 5.74) is 2.53. The Morgan fingerprint density at radius 1 is 1.47 bits per heavy atom. The van der Waals surface area contributed by atoms with Crippen molar-refractivity contribution in [1.82, 2.24) is 9.97 Å². The minimum absolute atomic E-state index is 0.563. The van der Waals surface area contributed by atoms with Gasteiger partial charge in [0.15, 0.2) is 0 Å². The summed E-state index contributed by atoms with van der Waals surface area (Å²) in [4.78, 5) is 8.44. The largest absolute Gasteiger partial charge is 0.381 e. The topological polar surface area (TPSA) is 85.1 Å². The van der Waals surface area contributed by atoms with Crippen molar-refractivity contribution in [1.29, 1.82) is 0 Å². The van der Waals surface area contributed by atoms with Gasteiger partial charge in [0.05, 0.1) is 6.61 Å². The Hall–Kier alpha value is -1.40. The molecule has 6 heteroatoms. The van der Waals surface area contributed by atoms with Gasteiger partial charge in [-0.15, -0.1) is 0 Å². The lowest BCUT2D eigenvalue weighted by molar-refractivity contribution is 0.0595. The van der Waals surface area contributed by atoms with Gasteiger partial charge in [-0.25, -0.2) is 15.8 Å². The number of hydrazine groups is 1. The SMILES string of the molecule is Cc1nc(NN)cc(NCC2CCCOC2)n1. The number of nitrogens with zero attached hydrogens (tertiary/aromatic N) is 2. The summed E-state index contributed by atoms with van der Waals surface area (Å²) in [5, 5.41) is 3.30. The zero-order chi connectivity index (χ0) is 12.1. The fraction of sp³-hybridized carbons (Fsp3) is 0.636. The van der Waals surface area contributed by atoms with E-state index in [9.17, 15) is 0 Å². The first-order valence-corrected chi connectivity index (χ1v) is 5.92. The predicted octanol–water partition coefficient (Wildman–Crippen LogP) is 0.909. The monoisotopic (exact) mass is 237 g/mol. The van der Waals surface area contributed by atoms with E-state index in [1.807, 2.05) is 6.92 Å². The number of hydrogen-bond acceptors (Lipinski definition) is 6. The molecule has 0 radical (unpaired) electrons. The van der Waals surface area contributed by atoms with Gasteiger partial charge in [0.1, 0.15) is 17.5 Å². The molecule has 94 valence electrons. The van der Waals surface area contributed by atoms with Crippen LogP contribution in [-0.4, -0.2) is 29.7 Å². The van der Waals surface area contributed by atoms with Crippen LogP contribution in [0.1, 0.15) is 18.7 Å². The fourth-order valence-electron chi connectivity index (χ4n) is 1.95. The molecule has 2 rings (SSSR count). The number of nitrogen functional groups attached to an aromatic ring is 1. The first-order chi connectivity index (χ1) is 8.28. The van der Waals surface area contributed by atoms with Crippen molar-refractivity contribution >= 4 is 11.6 Å². The molecule has 17 heavy (non-hydrogen) atoms. The Morgan fingerprint density at radius 2 is 2.29 bits per heavy atom. The molecule has 1 aromatic rings. The molecular weight excluding hydrogens is 218 g/mol. The van der Waals surface area contributed by atoms with Crippen LogP contribution in [0.25, 0.3) is 0 Å². The quantitative estimate of drug-likeness (QED) is 0.533. The molecule has 0 bridgehead atoms. The minimum Gasteiger partial charge on any atom is -0.381 e. The van der Waals surface area contributed by atoms with E-state index in [2.05, 4.69) is 20.7 Å². The van der Waals surface area contributed by atoms with Gasteiger partial charge >= 0.3 is 0 Å². The highest BCUT2D eigenvalue weighted by molar-refractivity contribution is 5.46. The smallest absolute Gasteiger partial charge is 0.145 e. The summed E-state index contributed by atoms with van der Waals surface area (Å²) in [6.07, 6.45) is 2.35. The highest BCUT2D eigenvalue weighted by Crippen LogP contribution is 2.15. The van der Waals surface area contributed by atoms with E-state index in [0.717, 1.165) is 32.0 Å². The molecule has 0 saturated carbocycles. The zero-order valence-electron chi connectivity index (χ0n) is 10.1. The molecule has 0 amide bonds. The third kappa shape index (κ3) is 3.54. The number of nitrogens with one attached hydrogen (secondary N) is 2. The van der Waals surface area contributed by atoms with Gasteiger partial charge in [0.25, 0.3) is 0 Å². The van der Waals surface area contributed by atoms with Crippen LogP contribution in [0.4, 0.5) is 11.6 Å². The second kappa shape index (κ2) is 5.79. The Morgan fingerprint density at radius 3 is 3.00 bits per heavy atom. The number of ether oxygens (including phenoxy) is 1. The van der Waals surface area contributed by atoms with E-state index in [0.29, 0.717) is 17.6 Å². The average molecular weight is 237 g/mol. The van der Waals surface area contributed by atoms with E-state index in [4.69, 9.17) is 10.6 Å². The lowest BCUT2D eigenvalue weighted by atomic mass is 10.0. The maximum Gasteiger partial charge on any atom is 0.145 e. The minimum atomic E-state index is 0.563. The molecule has 1 unspecified atom stereocenters. The second-order valence-corrected chi connectivity index (χ2v) is 4.29. The van der Waals surface area contributed by atoms with Crippen LogP contribution in [0, 0.1) is 12.8 Å². The van der Waals surface area contributed by atoms with Crippen molar-refractivity contribution in [2.75, 3.05) is 30.5 Å². The molecule has 2 heterocycles. The Balaban J connectivity index is 1.91. The third-order valence-corrected chi connectivity index (χ3v) is 2.81. The van der Waals surface area contributed by atoms with Crippen molar-refractivity contribution in [2.24, 2.45) is 11.8 Å². The van der Waals surface area contributed by atoms with Crippen molar-refractivity contribution < 1.29 is 4.74 Å². The van der Waals surface area contributed by atoms with E-state index in [-0.39, 0.29) is 0 Å². The van der Waals surface area contributed by atoms with Gasteiger partial charge in [-0.2, -0.15) is 0 Å². The maximum absolute atomic E-state index is 5.43. The summed E-state index contributed by atoms with van der Waals surface area (Å²) in [5.74, 6) is 8.03. The highest BCUT2D eigenvalue weighted by atomic mass is 16.5. The Labute approximate surface area is 101 Å². The number of nitrogens with two attached hydrogens (primary N) is 1. The molecule has 0 spiro atoms. The van der Waals surface area contributed by atoms with Crippen LogP contribution in [0.3, 0.4) is 0 Å². The Bertz CT molecular complexity index is 365. The molecule has 4 N–H and O–H groups in total. The average Bonchev–Trinajstić information content (AvgIpc) is 2.37. The molecule has 1 aromatic heterocycles. The molecule has 1 aliphatic rings. The maximum atomic E-state index is 5.43. The van der Waals surface area contributed by atoms with E-state index in [1.54, 1.807) is 6.07 Å². The van der Waals surface area contributed by atoms with Crippen LogP contribution >= 0.6 is 0 Å². The number of rotatable bonds is 4. The molecule has 0 aliphatic carbocycles. The molecule has 1 aliphatic heterocycles. The second-order valence-electron chi connectivity index (χ2n) is 4.29. The van der Waals surface area contributed by atoms with Crippen molar-refractivity contribution in [3.05, 3.63) is 11.9 Å².